The Morgan fingerprint density at radius 3 is 2.70 bits per heavy atom. The Kier molecular flexibility index (Phi) is 5.12. The van der Waals surface area contributed by atoms with Gasteiger partial charge in [0.2, 0.25) is 15.9 Å². The number of ether oxygens (including phenoxy) is 1. The lowest BCUT2D eigenvalue weighted by molar-refractivity contribution is -0.117. The van der Waals surface area contributed by atoms with Crippen LogP contribution >= 0.6 is 15.9 Å². The number of nitrogens with zero attached hydrogens (tertiary/aromatic N) is 1. The molecule has 23 heavy (non-hydrogen) atoms. The number of hydrogen-bond acceptors (Lipinski definition) is 5. The summed E-state index contributed by atoms with van der Waals surface area (Å²) < 4.78 is 27.8. The number of carbonyl (C=O) groups excluding carboxylic acids is 2. The van der Waals surface area contributed by atoms with Crippen molar-refractivity contribution in [3.63, 3.8) is 0 Å². The monoisotopic (exact) mass is 404 g/mol. The summed E-state index contributed by atoms with van der Waals surface area (Å²) >= 11 is 3.31. The maximum Gasteiger partial charge on any atom is 0.338 e. The Labute approximate surface area is 143 Å². The van der Waals surface area contributed by atoms with Crippen molar-refractivity contribution in [2.45, 2.75) is 13.3 Å². The fourth-order valence-electron chi connectivity index (χ4n) is 2.72. The number of primary sulfonamides is 1. The largest absolute Gasteiger partial charge is 0.465 e. The molecule has 1 fully saturated rings. The number of nitrogens with two attached hydrogens (primary N) is 1. The van der Waals surface area contributed by atoms with Gasteiger partial charge in [-0.1, -0.05) is 15.9 Å². The van der Waals surface area contributed by atoms with E-state index in [2.05, 4.69) is 15.9 Å². The molecule has 1 atom stereocenters. The van der Waals surface area contributed by atoms with Crippen LogP contribution in [0.3, 0.4) is 0 Å². The van der Waals surface area contributed by atoms with E-state index < -0.39 is 16.0 Å². The van der Waals surface area contributed by atoms with Gasteiger partial charge in [-0.05, 0) is 24.6 Å². The number of sulfonamides is 1. The molecular formula is C14H17BrN2O5S. The lowest BCUT2D eigenvalue weighted by Gasteiger charge is -2.21. The second-order valence-corrected chi connectivity index (χ2v) is 8.07. The Balaban J connectivity index is 2.37. The molecule has 1 aliphatic heterocycles. The second kappa shape index (κ2) is 6.58. The quantitative estimate of drug-likeness (QED) is 0.758. The lowest BCUT2D eigenvalue weighted by atomic mass is 10.1. The molecule has 1 unspecified atom stereocenters. The average molecular weight is 405 g/mol. The summed E-state index contributed by atoms with van der Waals surface area (Å²) in [5, 5.41) is 5.05. The molecular weight excluding hydrogens is 388 g/mol. The van der Waals surface area contributed by atoms with Crippen LogP contribution in [0.4, 0.5) is 5.69 Å². The van der Waals surface area contributed by atoms with Crippen LogP contribution in [0.5, 0.6) is 0 Å². The Morgan fingerprint density at radius 2 is 2.13 bits per heavy atom. The van der Waals surface area contributed by atoms with Crippen molar-refractivity contribution in [2.75, 3.05) is 24.3 Å². The van der Waals surface area contributed by atoms with Crippen LogP contribution in [0.2, 0.25) is 0 Å². The van der Waals surface area contributed by atoms with Gasteiger partial charge >= 0.3 is 5.97 Å². The summed E-state index contributed by atoms with van der Waals surface area (Å²) in [5.41, 5.74) is 1.51. The zero-order chi connectivity index (χ0) is 17.4. The molecule has 1 heterocycles. The average Bonchev–Trinajstić information content (AvgIpc) is 2.78. The first-order valence-corrected chi connectivity index (χ1v) is 9.32. The van der Waals surface area contributed by atoms with Crippen LogP contribution in [0, 0.1) is 12.8 Å². The van der Waals surface area contributed by atoms with E-state index in [1.54, 1.807) is 19.1 Å². The van der Waals surface area contributed by atoms with Crippen LogP contribution in [-0.4, -0.2) is 39.7 Å². The van der Waals surface area contributed by atoms with Crippen LogP contribution in [-0.2, 0) is 19.6 Å². The summed E-state index contributed by atoms with van der Waals surface area (Å²) in [4.78, 5) is 25.6. The van der Waals surface area contributed by atoms with Crippen molar-refractivity contribution >= 4 is 43.5 Å². The molecule has 9 heteroatoms. The summed E-state index contributed by atoms with van der Waals surface area (Å²) in [7, 11) is -2.36. The number of halogens is 1. The maximum atomic E-state index is 12.2. The fraction of sp³-hybridized carbons (Fsp3) is 0.429. The molecule has 1 amide bonds. The number of carbonyl (C=O) groups is 2. The normalized spacial score (nSPS) is 18.3. The van der Waals surface area contributed by atoms with E-state index in [1.807, 2.05) is 0 Å². The van der Waals surface area contributed by atoms with E-state index in [0.29, 0.717) is 21.3 Å². The minimum Gasteiger partial charge on any atom is -0.465 e. The molecule has 1 aromatic carbocycles. The number of anilines is 1. The molecule has 1 aromatic rings. The van der Waals surface area contributed by atoms with E-state index >= 15 is 0 Å². The van der Waals surface area contributed by atoms with E-state index in [0.717, 1.165) is 0 Å². The van der Waals surface area contributed by atoms with Gasteiger partial charge in [0.05, 0.1) is 18.4 Å². The highest BCUT2D eigenvalue weighted by Crippen LogP contribution is 2.33. The van der Waals surface area contributed by atoms with Gasteiger partial charge in [-0.3, -0.25) is 4.79 Å². The van der Waals surface area contributed by atoms with E-state index in [4.69, 9.17) is 9.88 Å². The molecule has 7 nitrogen and oxygen atoms in total. The molecule has 0 radical (unpaired) electrons. The SMILES string of the molecule is COC(=O)c1cc(Br)cc(N2CC(CS(N)(=O)=O)CC2=O)c1C. The minimum atomic E-state index is -3.64. The van der Waals surface area contributed by atoms with Gasteiger partial charge in [0.1, 0.15) is 0 Å². The van der Waals surface area contributed by atoms with Crippen LogP contribution in [0.1, 0.15) is 22.3 Å². The highest BCUT2D eigenvalue weighted by molar-refractivity contribution is 9.10. The van der Waals surface area contributed by atoms with Gasteiger partial charge in [-0.15, -0.1) is 0 Å². The number of methoxy groups -OCH3 is 1. The van der Waals surface area contributed by atoms with E-state index in [9.17, 15) is 18.0 Å². The zero-order valence-corrected chi connectivity index (χ0v) is 15.1. The Hall–Kier alpha value is -1.45. The van der Waals surface area contributed by atoms with Gasteiger partial charge in [0, 0.05) is 29.0 Å². The minimum absolute atomic E-state index is 0.107. The van der Waals surface area contributed by atoms with Gasteiger partial charge in [0.25, 0.3) is 0 Å². The summed E-state index contributed by atoms with van der Waals surface area (Å²) in [6.45, 7) is 1.96. The number of rotatable bonds is 4. The molecule has 0 spiro atoms. The van der Waals surface area contributed by atoms with Crippen molar-refractivity contribution in [3.8, 4) is 0 Å². The summed E-state index contributed by atoms with van der Waals surface area (Å²) in [6.07, 6.45) is 0.107. The maximum absolute atomic E-state index is 12.2. The van der Waals surface area contributed by atoms with Crippen molar-refractivity contribution in [3.05, 3.63) is 27.7 Å². The number of amides is 1. The molecule has 1 saturated heterocycles. The van der Waals surface area contributed by atoms with Crippen LogP contribution in [0.25, 0.3) is 0 Å². The Bertz CT molecular complexity index is 763. The molecule has 0 saturated carbocycles. The first kappa shape index (κ1) is 17.9. The number of benzene rings is 1. The van der Waals surface area contributed by atoms with Gasteiger partial charge in [-0.2, -0.15) is 0 Å². The molecule has 2 N–H and O–H groups in total. The third-order valence-corrected chi connectivity index (χ3v) is 5.11. The van der Waals surface area contributed by atoms with Crippen LogP contribution in [0.15, 0.2) is 16.6 Å². The second-order valence-electron chi connectivity index (χ2n) is 5.49. The van der Waals surface area contributed by atoms with Crippen molar-refractivity contribution in [1.29, 1.82) is 0 Å². The molecule has 2 rings (SSSR count). The van der Waals surface area contributed by atoms with Crippen molar-refractivity contribution < 1.29 is 22.7 Å². The number of esters is 1. The predicted octanol–water partition coefficient (Wildman–Crippen LogP) is 1.19. The topological polar surface area (TPSA) is 107 Å². The summed E-state index contributed by atoms with van der Waals surface area (Å²) in [6, 6.07) is 3.34. The first-order valence-electron chi connectivity index (χ1n) is 6.81. The van der Waals surface area contributed by atoms with Crippen molar-refractivity contribution in [1.82, 2.24) is 0 Å². The standard InChI is InChI=1S/C14H17BrN2O5S/c1-8-11(14(19)22-2)4-10(15)5-12(8)17-6-9(3-13(17)18)7-23(16,20)21/h4-5,9H,3,6-7H2,1-2H3,(H2,16,20,21). The molecule has 0 aliphatic carbocycles. The highest BCUT2D eigenvalue weighted by Gasteiger charge is 2.34. The first-order chi connectivity index (χ1) is 10.6. The molecule has 0 aromatic heterocycles. The van der Waals surface area contributed by atoms with E-state index in [1.165, 1.54) is 12.0 Å². The predicted molar refractivity (Wildman–Crippen MR) is 88.7 cm³/mol. The van der Waals surface area contributed by atoms with Crippen LogP contribution < -0.4 is 10.0 Å². The molecule has 126 valence electrons. The fourth-order valence-corrected chi connectivity index (χ4v) is 4.05. The molecule has 0 bridgehead atoms. The van der Waals surface area contributed by atoms with Crippen molar-refractivity contribution in [2.24, 2.45) is 11.1 Å². The lowest BCUT2D eigenvalue weighted by Crippen LogP contribution is -2.28. The van der Waals surface area contributed by atoms with Gasteiger partial charge in [0.15, 0.2) is 0 Å². The summed E-state index contributed by atoms with van der Waals surface area (Å²) in [5.74, 6) is -1.31. The Morgan fingerprint density at radius 1 is 1.48 bits per heavy atom. The third-order valence-electron chi connectivity index (χ3n) is 3.71. The van der Waals surface area contributed by atoms with E-state index in [-0.39, 0.29) is 30.5 Å². The molecule has 1 aliphatic rings. The van der Waals surface area contributed by atoms with Gasteiger partial charge < -0.3 is 9.64 Å². The highest BCUT2D eigenvalue weighted by atomic mass is 79.9. The smallest absolute Gasteiger partial charge is 0.338 e. The third kappa shape index (κ3) is 4.10. The van der Waals surface area contributed by atoms with Gasteiger partial charge in [-0.25, -0.2) is 18.4 Å². The number of hydrogen-bond donors (Lipinski definition) is 1. The zero-order valence-electron chi connectivity index (χ0n) is 12.7.